The maximum atomic E-state index is 4.51. The zero-order valence-corrected chi connectivity index (χ0v) is 12.6. The lowest BCUT2D eigenvalue weighted by atomic mass is 9.95. The number of imidazole rings is 1. The van der Waals surface area contributed by atoms with Crippen LogP contribution in [0.3, 0.4) is 0 Å². The minimum Gasteiger partial charge on any atom is -0.336 e. The molecule has 1 unspecified atom stereocenters. The molecule has 1 aliphatic heterocycles. The standard InChI is InChI=1S/C17H23N3/c1-12-4-5-14(13(2)10-12)6-7-15-17-16(8-9-18-15)19-11-20(17)3/h4-5,10-11,15,18H,6-9H2,1-3H3. The molecule has 1 N–H and O–H groups in total. The maximum absolute atomic E-state index is 4.51. The Morgan fingerprint density at radius 3 is 3.00 bits per heavy atom. The highest BCUT2D eigenvalue weighted by Crippen LogP contribution is 2.26. The number of nitrogens with one attached hydrogen (secondary N) is 1. The van der Waals surface area contributed by atoms with Gasteiger partial charge in [-0.2, -0.15) is 0 Å². The molecule has 3 rings (SSSR count). The van der Waals surface area contributed by atoms with Gasteiger partial charge in [-0.3, -0.25) is 0 Å². The van der Waals surface area contributed by atoms with E-state index in [0.29, 0.717) is 6.04 Å². The number of hydrogen-bond acceptors (Lipinski definition) is 2. The van der Waals surface area contributed by atoms with Crippen LogP contribution in [0.2, 0.25) is 0 Å². The lowest BCUT2D eigenvalue weighted by molar-refractivity contribution is 0.451. The third-order valence-corrected chi connectivity index (χ3v) is 4.35. The molecular formula is C17H23N3. The molecule has 0 saturated heterocycles. The van der Waals surface area contributed by atoms with Crippen LogP contribution in [-0.2, 0) is 19.9 Å². The molecule has 0 saturated carbocycles. The van der Waals surface area contributed by atoms with Gasteiger partial charge in [-0.25, -0.2) is 4.98 Å². The van der Waals surface area contributed by atoms with Crippen molar-refractivity contribution in [2.75, 3.05) is 6.54 Å². The van der Waals surface area contributed by atoms with Gasteiger partial charge in [0.25, 0.3) is 0 Å². The highest BCUT2D eigenvalue weighted by atomic mass is 15.1. The van der Waals surface area contributed by atoms with Crippen molar-refractivity contribution in [1.82, 2.24) is 14.9 Å². The summed E-state index contributed by atoms with van der Waals surface area (Å²) < 4.78 is 2.17. The van der Waals surface area contributed by atoms with Gasteiger partial charge in [0.15, 0.2) is 0 Å². The summed E-state index contributed by atoms with van der Waals surface area (Å²) in [6.07, 6.45) is 5.25. The molecule has 106 valence electrons. The first-order valence-electron chi connectivity index (χ1n) is 7.45. The number of fused-ring (bicyclic) bond motifs is 1. The summed E-state index contributed by atoms with van der Waals surface area (Å²) in [7, 11) is 2.10. The van der Waals surface area contributed by atoms with E-state index in [1.807, 2.05) is 6.33 Å². The Kier molecular flexibility index (Phi) is 3.62. The molecule has 20 heavy (non-hydrogen) atoms. The monoisotopic (exact) mass is 269 g/mol. The van der Waals surface area contributed by atoms with Gasteiger partial charge in [0, 0.05) is 26.1 Å². The van der Waals surface area contributed by atoms with Crippen LogP contribution in [0.25, 0.3) is 0 Å². The summed E-state index contributed by atoms with van der Waals surface area (Å²) in [5.74, 6) is 0. The molecule has 0 aliphatic carbocycles. The number of aromatic nitrogens is 2. The van der Waals surface area contributed by atoms with E-state index in [9.17, 15) is 0 Å². The molecule has 0 amide bonds. The van der Waals surface area contributed by atoms with Crippen LogP contribution in [-0.4, -0.2) is 16.1 Å². The molecule has 1 aliphatic rings. The van der Waals surface area contributed by atoms with Crippen molar-refractivity contribution in [3.63, 3.8) is 0 Å². The van der Waals surface area contributed by atoms with E-state index in [1.165, 1.54) is 28.1 Å². The third-order valence-electron chi connectivity index (χ3n) is 4.35. The third kappa shape index (κ3) is 2.50. The summed E-state index contributed by atoms with van der Waals surface area (Å²) in [6.45, 7) is 5.41. The summed E-state index contributed by atoms with van der Waals surface area (Å²) in [4.78, 5) is 4.51. The molecular weight excluding hydrogens is 246 g/mol. The van der Waals surface area contributed by atoms with Gasteiger partial charge in [-0.1, -0.05) is 23.8 Å². The van der Waals surface area contributed by atoms with Crippen molar-refractivity contribution < 1.29 is 0 Å². The second-order valence-corrected chi connectivity index (χ2v) is 5.91. The van der Waals surface area contributed by atoms with Crippen LogP contribution < -0.4 is 5.32 Å². The molecule has 0 radical (unpaired) electrons. The number of benzene rings is 1. The predicted octanol–water partition coefficient (Wildman–Crippen LogP) is 2.86. The molecule has 3 nitrogen and oxygen atoms in total. The summed E-state index contributed by atoms with van der Waals surface area (Å²) in [5.41, 5.74) is 6.87. The largest absolute Gasteiger partial charge is 0.336 e. The van der Waals surface area contributed by atoms with E-state index in [1.54, 1.807) is 0 Å². The van der Waals surface area contributed by atoms with Crippen LogP contribution in [0, 0.1) is 13.8 Å². The molecule has 0 fully saturated rings. The van der Waals surface area contributed by atoms with Crippen LogP contribution >= 0.6 is 0 Å². The molecule has 3 heteroatoms. The Labute approximate surface area is 121 Å². The Morgan fingerprint density at radius 1 is 1.35 bits per heavy atom. The topological polar surface area (TPSA) is 29.9 Å². The van der Waals surface area contributed by atoms with E-state index >= 15 is 0 Å². The normalized spacial score (nSPS) is 18.1. The van der Waals surface area contributed by atoms with Gasteiger partial charge < -0.3 is 9.88 Å². The fourth-order valence-corrected chi connectivity index (χ4v) is 3.25. The Bertz CT molecular complexity index is 613. The fraction of sp³-hybridized carbons (Fsp3) is 0.471. The van der Waals surface area contributed by atoms with Gasteiger partial charge in [0.2, 0.25) is 0 Å². The molecule has 1 aromatic heterocycles. The van der Waals surface area contributed by atoms with Crippen LogP contribution in [0.4, 0.5) is 0 Å². The lowest BCUT2D eigenvalue weighted by Gasteiger charge is -2.25. The van der Waals surface area contributed by atoms with E-state index in [0.717, 1.165) is 25.8 Å². The van der Waals surface area contributed by atoms with Gasteiger partial charge >= 0.3 is 0 Å². The molecule has 2 aromatic rings. The number of aryl methyl sites for hydroxylation is 4. The van der Waals surface area contributed by atoms with Crippen LogP contribution in [0.1, 0.15) is 40.5 Å². The quantitative estimate of drug-likeness (QED) is 0.928. The average molecular weight is 269 g/mol. The van der Waals surface area contributed by atoms with E-state index in [4.69, 9.17) is 0 Å². The van der Waals surface area contributed by atoms with Gasteiger partial charge in [-0.05, 0) is 37.8 Å². The Balaban J connectivity index is 1.75. The van der Waals surface area contributed by atoms with Crippen molar-refractivity contribution in [3.05, 3.63) is 52.6 Å². The first-order valence-corrected chi connectivity index (χ1v) is 7.45. The zero-order valence-electron chi connectivity index (χ0n) is 12.6. The highest BCUT2D eigenvalue weighted by molar-refractivity contribution is 5.31. The van der Waals surface area contributed by atoms with Crippen molar-refractivity contribution >= 4 is 0 Å². The van der Waals surface area contributed by atoms with Crippen LogP contribution in [0.5, 0.6) is 0 Å². The zero-order chi connectivity index (χ0) is 14.1. The molecule has 0 spiro atoms. The predicted molar refractivity (Wildman–Crippen MR) is 81.9 cm³/mol. The number of nitrogens with zero attached hydrogens (tertiary/aromatic N) is 2. The molecule has 0 bridgehead atoms. The minimum absolute atomic E-state index is 0.437. The van der Waals surface area contributed by atoms with Crippen LogP contribution in [0.15, 0.2) is 24.5 Å². The average Bonchev–Trinajstić information content (AvgIpc) is 2.80. The van der Waals surface area contributed by atoms with E-state index in [2.05, 4.69) is 54.0 Å². The van der Waals surface area contributed by atoms with Gasteiger partial charge in [0.05, 0.1) is 17.7 Å². The molecule has 1 aromatic carbocycles. The first-order chi connectivity index (χ1) is 9.65. The first kappa shape index (κ1) is 13.4. The summed E-state index contributed by atoms with van der Waals surface area (Å²) >= 11 is 0. The molecule has 2 heterocycles. The van der Waals surface area contributed by atoms with Crippen molar-refractivity contribution in [3.8, 4) is 0 Å². The van der Waals surface area contributed by atoms with Gasteiger partial charge in [-0.15, -0.1) is 0 Å². The van der Waals surface area contributed by atoms with Crippen molar-refractivity contribution in [2.45, 2.75) is 39.2 Å². The highest BCUT2D eigenvalue weighted by Gasteiger charge is 2.23. The number of rotatable bonds is 3. The van der Waals surface area contributed by atoms with Crippen molar-refractivity contribution in [1.29, 1.82) is 0 Å². The molecule has 1 atom stereocenters. The van der Waals surface area contributed by atoms with Crippen molar-refractivity contribution in [2.24, 2.45) is 7.05 Å². The van der Waals surface area contributed by atoms with E-state index in [-0.39, 0.29) is 0 Å². The lowest BCUT2D eigenvalue weighted by Crippen LogP contribution is -2.31. The SMILES string of the molecule is Cc1ccc(CCC2NCCc3ncn(C)c32)c(C)c1. The minimum atomic E-state index is 0.437. The van der Waals surface area contributed by atoms with E-state index < -0.39 is 0 Å². The Hall–Kier alpha value is -1.61. The smallest absolute Gasteiger partial charge is 0.0949 e. The second-order valence-electron chi connectivity index (χ2n) is 5.91. The maximum Gasteiger partial charge on any atom is 0.0949 e. The Morgan fingerprint density at radius 2 is 2.20 bits per heavy atom. The van der Waals surface area contributed by atoms with Gasteiger partial charge in [0.1, 0.15) is 0 Å². The number of hydrogen-bond donors (Lipinski definition) is 1. The summed E-state index contributed by atoms with van der Waals surface area (Å²) in [6, 6.07) is 7.20. The summed E-state index contributed by atoms with van der Waals surface area (Å²) in [5, 5.41) is 3.64. The second kappa shape index (κ2) is 5.41. The fourth-order valence-electron chi connectivity index (χ4n) is 3.25.